The van der Waals surface area contributed by atoms with E-state index in [-0.39, 0.29) is 31.7 Å². The third-order valence-corrected chi connectivity index (χ3v) is 4.38. The van der Waals surface area contributed by atoms with Crippen LogP contribution in [0.5, 0.6) is 0 Å². The Labute approximate surface area is 152 Å². The lowest BCUT2D eigenvalue weighted by molar-refractivity contribution is 1.53. The Kier molecular flexibility index (Phi) is 1.61. The molecule has 0 spiro atoms. The van der Waals surface area contributed by atoms with Gasteiger partial charge in [0.15, 0.2) is 0 Å². The van der Waals surface area contributed by atoms with Crippen LogP contribution in [0.2, 0.25) is 0 Å². The summed E-state index contributed by atoms with van der Waals surface area (Å²) in [6.45, 7) is 0. The van der Waals surface area contributed by atoms with E-state index in [1.54, 1.807) is 0 Å². The van der Waals surface area contributed by atoms with Crippen molar-refractivity contribution in [3.05, 3.63) is 81.5 Å². The van der Waals surface area contributed by atoms with Gasteiger partial charge in [0.05, 0.1) is 16.4 Å². The smallest absolute Gasteiger partial charge is 0.0622 e. The molecule has 3 aromatic rings. The summed E-state index contributed by atoms with van der Waals surface area (Å²) in [4.78, 5) is 0. The Morgan fingerprint density at radius 1 is 0.650 bits per heavy atom. The van der Waals surface area contributed by atoms with E-state index in [0.717, 1.165) is 0 Å². The van der Waals surface area contributed by atoms with E-state index in [2.05, 4.69) is 31.9 Å². The lowest BCUT2D eigenvalue weighted by Gasteiger charge is -2.14. The van der Waals surface area contributed by atoms with Crippen LogP contribution < -0.4 is 0 Å². The highest BCUT2D eigenvalue weighted by molar-refractivity contribution is 9.13. The van der Waals surface area contributed by atoms with E-state index >= 15 is 0 Å². The third-order valence-electron chi connectivity index (χ3n) is 2.46. The SMILES string of the molecule is [2H]c1c([2H])c([2H])c(-c2c([2H])c([2H])c(Br)c(Br)c2-c2c([2H])c([2H])c([2H])c([2H])c2[2H])c([2H])c1[2H]. The highest BCUT2D eigenvalue weighted by Crippen LogP contribution is 2.41. The van der Waals surface area contributed by atoms with E-state index in [1.165, 1.54) is 0 Å². The Bertz CT molecular complexity index is 1160. The summed E-state index contributed by atoms with van der Waals surface area (Å²) in [5.41, 5.74) is -1.22. The van der Waals surface area contributed by atoms with Crippen LogP contribution in [0, 0.1) is 0 Å². The molecule has 3 rings (SSSR count). The number of benzene rings is 3. The zero-order valence-corrected chi connectivity index (χ0v) is 12.9. The van der Waals surface area contributed by atoms with Gasteiger partial charge in [-0.1, -0.05) is 66.5 Å². The molecular formula is C18H12Br2. The molecule has 0 heterocycles. The number of halogens is 2. The average Bonchev–Trinajstić information content (AvgIpc) is 2.77. The van der Waals surface area contributed by atoms with Crippen molar-refractivity contribution in [1.82, 2.24) is 0 Å². The molecule has 98 valence electrons. The summed E-state index contributed by atoms with van der Waals surface area (Å²) in [6, 6.07) is -7.32. The van der Waals surface area contributed by atoms with Crippen LogP contribution in [0.15, 0.2) is 81.5 Å². The van der Waals surface area contributed by atoms with E-state index < -0.39 is 72.0 Å². The van der Waals surface area contributed by atoms with E-state index in [9.17, 15) is 0 Å². The minimum Gasteiger partial charge on any atom is -0.0622 e. The van der Waals surface area contributed by atoms with Crippen molar-refractivity contribution in [3.8, 4) is 22.3 Å². The Morgan fingerprint density at radius 2 is 1.20 bits per heavy atom. The normalized spacial score (nSPS) is 18.9. The molecule has 0 N–H and O–H groups in total. The second-order valence-corrected chi connectivity index (χ2v) is 5.21. The van der Waals surface area contributed by atoms with Crippen LogP contribution in [-0.2, 0) is 0 Å². The van der Waals surface area contributed by atoms with E-state index in [0.29, 0.717) is 0 Å². The van der Waals surface area contributed by atoms with Gasteiger partial charge < -0.3 is 0 Å². The van der Waals surface area contributed by atoms with Gasteiger partial charge in [-0.15, -0.1) is 0 Å². The minimum absolute atomic E-state index is 0.0406. The van der Waals surface area contributed by atoms with Crippen molar-refractivity contribution in [2.75, 3.05) is 0 Å². The molecule has 0 radical (unpaired) electrons. The lowest BCUT2D eigenvalue weighted by Crippen LogP contribution is -1.88. The fraction of sp³-hybridized carbons (Fsp3) is 0. The molecule has 0 aliphatic rings. The van der Waals surface area contributed by atoms with Gasteiger partial charge in [0, 0.05) is 14.5 Å². The summed E-state index contributed by atoms with van der Waals surface area (Å²) < 4.78 is 97.6. The van der Waals surface area contributed by atoms with Crippen LogP contribution in [0.25, 0.3) is 22.3 Å². The first-order valence-electron chi connectivity index (χ1n) is 11.4. The Morgan fingerprint density at radius 3 is 1.80 bits per heavy atom. The summed E-state index contributed by atoms with van der Waals surface area (Å²) in [5.74, 6) is 0. The average molecular weight is 400 g/mol. The Hall–Kier alpha value is -1.38. The minimum atomic E-state index is -0.669. The fourth-order valence-electron chi connectivity index (χ4n) is 1.63. The molecule has 0 amide bonds. The molecule has 0 unspecified atom stereocenters. The van der Waals surface area contributed by atoms with Gasteiger partial charge in [0.25, 0.3) is 0 Å². The largest absolute Gasteiger partial charge is 0.0635 e. The maximum atomic E-state index is 8.51. The summed E-state index contributed by atoms with van der Waals surface area (Å²) >= 11 is 6.40. The van der Waals surface area contributed by atoms with Gasteiger partial charge in [0.2, 0.25) is 0 Å². The second kappa shape index (κ2) is 5.94. The maximum Gasteiger partial charge on any atom is 0.0635 e. The standard InChI is InChI=1S/C18H12Br2/c19-16-12-11-15(13-7-3-1-4-8-13)17(18(16)20)14-9-5-2-6-10-14/h1-12H/i1D,2D,3D,4D,5D,6D,7D,8D,9D,10D,11D,12D. The molecular weight excluding hydrogens is 376 g/mol. The first-order valence-corrected chi connectivity index (χ1v) is 6.96. The molecule has 2 heteroatoms. The molecule has 3 aromatic carbocycles. The molecule has 0 saturated heterocycles. The summed E-state index contributed by atoms with van der Waals surface area (Å²) in [5, 5.41) is 0. The second-order valence-electron chi connectivity index (χ2n) is 3.63. The van der Waals surface area contributed by atoms with Crippen LogP contribution in [0.1, 0.15) is 16.4 Å². The number of hydrogen-bond donors (Lipinski definition) is 0. The molecule has 0 nitrogen and oxygen atoms in total. The Balaban J connectivity index is 2.69. The van der Waals surface area contributed by atoms with Crippen LogP contribution >= 0.6 is 31.9 Å². The van der Waals surface area contributed by atoms with Gasteiger partial charge in [-0.3, -0.25) is 0 Å². The molecule has 20 heavy (non-hydrogen) atoms. The molecule has 0 aliphatic heterocycles. The van der Waals surface area contributed by atoms with Gasteiger partial charge in [-0.2, -0.15) is 0 Å². The highest BCUT2D eigenvalue weighted by atomic mass is 79.9. The maximum absolute atomic E-state index is 8.51. The molecule has 0 fully saturated rings. The quantitative estimate of drug-likeness (QED) is 0.458. The van der Waals surface area contributed by atoms with Crippen molar-refractivity contribution in [3.63, 3.8) is 0 Å². The fourth-order valence-corrected chi connectivity index (χ4v) is 2.42. The predicted octanol–water partition coefficient (Wildman–Crippen LogP) is 6.55. The number of hydrogen-bond acceptors (Lipinski definition) is 0. The van der Waals surface area contributed by atoms with Crippen molar-refractivity contribution >= 4 is 31.9 Å². The van der Waals surface area contributed by atoms with Gasteiger partial charge >= 0.3 is 0 Å². The lowest BCUT2D eigenvalue weighted by atomic mass is 9.95. The van der Waals surface area contributed by atoms with Gasteiger partial charge in [-0.25, -0.2) is 0 Å². The van der Waals surface area contributed by atoms with E-state index in [1.807, 2.05) is 0 Å². The number of rotatable bonds is 2. The molecule has 0 saturated carbocycles. The predicted molar refractivity (Wildman–Crippen MR) is 92.7 cm³/mol. The van der Waals surface area contributed by atoms with Gasteiger partial charge in [-0.05, 0) is 54.6 Å². The van der Waals surface area contributed by atoms with Crippen molar-refractivity contribution < 1.29 is 16.4 Å². The zero-order valence-electron chi connectivity index (χ0n) is 21.8. The van der Waals surface area contributed by atoms with Crippen molar-refractivity contribution in [2.24, 2.45) is 0 Å². The van der Waals surface area contributed by atoms with Crippen molar-refractivity contribution in [1.29, 1.82) is 0 Å². The summed E-state index contributed by atoms with van der Waals surface area (Å²) in [7, 11) is 0. The highest BCUT2D eigenvalue weighted by Gasteiger charge is 2.13. The van der Waals surface area contributed by atoms with Gasteiger partial charge in [0.1, 0.15) is 0 Å². The molecule has 0 atom stereocenters. The monoisotopic (exact) mass is 398 g/mol. The van der Waals surface area contributed by atoms with Crippen LogP contribution in [-0.4, -0.2) is 0 Å². The molecule has 0 bridgehead atoms. The van der Waals surface area contributed by atoms with E-state index in [4.69, 9.17) is 16.4 Å². The van der Waals surface area contributed by atoms with Crippen LogP contribution in [0.4, 0.5) is 0 Å². The molecule has 0 aromatic heterocycles. The first-order chi connectivity index (χ1) is 14.7. The third kappa shape index (κ3) is 2.58. The zero-order chi connectivity index (χ0) is 24.4. The first kappa shape index (κ1) is 5.43. The van der Waals surface area contributed by atoms with Crippen LogP contribution in [0.3, 0.4) is 0 Å². The van der Waals surface area contributed by atoms with Crippen molar-refractivity contribution in [2.45, 2.75) is 0 Å². The molecule has 0 aliphatic carbocycles. The summed E-state index contributed by atoms with van der Waals surface area (Å²) in [6.07, 6.45) is 0. The topological polar surface area (TPSA) is 0 Å².